The van der Waals surface area contributed by atoms with Crippen molar-refractivity contribution in [1.82, 2.24) is 4.31 Å². The number of ether oxygens (including phenoxy) is 1. The average molecular weight is 383 g/mol. The van der Waals surface area contributed by atoms with Crippen molar-refractivity contribution in [3.63, 3.8) is 0 Å². The molecule has 0 radical (unpaired) electrons. The van der Waals surface area contributed by atoms with Crippen LogP contribution in [0.2, 0.25) is 0 Å². The van der Waals surface area contributed by atoms with Crippen molar-refractivity contribution in [3.05, 3.63) is 77.2 Å². The molecule has 2 aromatic carbocycles. The quantitative estimate of drug-likeness (QED) is 0.813. The molecule has 1 aliphatic heterocycles. The van der Waals surface area contributed by atoms with E-state index < -0.39 is 16.1 Å². The zero-order valence-corrected chi connectivity index (χ0v) is 15.9. The number of carbonyl (C=O) groups is 1. The number of aryl methyl sites for hydroxylation is 1. The van der Waals surface area contributed by atoms with Gasteiger partial charge in [0.25, 0.3) is 10.0 Å². The normalized spacial score (nSPS) is 19.8. The van der Waals surface area contributed by atoms with Crippen LogP contribution in [0.5, 0.6) is 0 Å². The molecule has 1 atom stereocenters. The molecule has 2 aromatic rings. The van der Waals surface area contributed by atoms with Gasteiger partial charge < -0.3 is 4.74 Å². The molecule has 5 nitrogen and oxygen atoms in total. The van der Waals surface area contributed by atoms with Gasteiger partial charge in [0.2, 0.25) is 0 Å². The van der Waals surface area contributed by atoms with Gasteiger partial charge in [-0.15, -0.1) is 0 Å². The largest absolute Gasteiger partial charge is 0.493 e. The highest BCUT2D eigenvalue weighted by atomic mass is 32.2. The average Bonchev–Trinajstić information content (AvgIpc) is 3.04. The fourth-order valence-corrected chi connectivity index (χ4v) is 5.30. The van der Waals surface area contributed by atoms with Crippen molar-refractivity contribution in [2.45, 2.75) is 37.1 Å². The zero-order chi connectivity index (χ0) is 19.0. The summed E-state index contributed by atoms with van der Waals surface area (Å²) >= 11 is 0. The smallest absolute Gasteiger partial charge is 0.264 e. The first-order valence-electron chi connectivity index (χ1n) is 9.01. The lowest BCUT2D eigenvalue weighted by atomic mass is 10.1. The Labute approximate surface area is 159 Å². The molecule has 1 heterocycles. The second-order valence-electron chi connectivity index (χ2n) is 6.96. The van der Waals surface area contributed by atoms with Crippen LogP contribution in [0, 0.1) is 6.92 Å². The van der Waals surface area contributed by atoms with E-state index in [2.05, 4.69) is 0 Å². The Morgan fingerprint density at radius 3 is 2.44 bits per heavy atom. The van der Waals surface area contributed by atoms with E-state index in [9.17, 15) is 13.2 Å². The number of hydrogen-bond donors (Lipinski definition) is 0. The lowest BCUT2D eigenvalue weighted by molar-refractivity contribution is -0.116. The third-order valence-corrected chi connectivity index (χ3v) is 6.87. The van der Waals surface area contributed by atoms with Crippen molar-refractivity contribution >= 4 is 15.8 Å². The van der Waals surface area contributed by atoms with Crippen molar-refractivity contribution < 1.29 is 17.9 Å². The van der Waals surface area contributed by atoms with Crippen molar-refractivity contribution in [2.75, 3.05) is 6.61 Å². The van der Waals surface area contributed by atoms with Crippen LogP contribution < -0.4 is 0 Å². The Morgan fingerprint density at radius 1 is 1.04 bits per heavy atom. The van der Waals surface area contributed by atoms with E-state index in [1.54, 1.807) is 24.3 Å². The monoisotopic (exact) mass is 383 g/mol. The molecule has 0 saturated carbocycles. The Kier molecular flexibility index (Phi) is 4.52. The number of nitrogens with zero attached hydrogens (tertiary/aromatic N) is 1. The molecule has 4 rings (SSSR count). The molecule has 6 heteroatoms. The van der Waals surface area contributed by atoms with Gasteiger partial charge in [-0.25, -0.2) is 8.42 Å². The maximum atomic E-state index is 13.5. The third kappa shape index (κ3) is 3.25. The van der Waals surface area contributed by atoms with Gasteiger partial charge in [0.05, 0.1) is 10.9 Å². The highest BCUT2D eigenvalue weighted by Crippen LogP contribution is 2.37. The Hall–Kier alpha value is -2.60. The first-order chi connectivity index (χ1) is 13.0. The van der Waals surface area contributed by atoms with Gasteiger partial charge >= 0.3 is 0 Å². The Morgan fingerprint density at radius 2 is 1.74 bits per heavy atom. The van der Waals surface area contributed by atoms with Crippen LogP contribution in [0.4, 0.5) is 0 Å². The van der Waals surface area contributed by atoms with E-state index in [0.29, 0.717) is 25.0 Å². The van der Waals surface area contributed by atoms with Gasteiger partial charge in [-0.1, -0.05) is 48.0 Å². The summed E-state index contributed by atoms with van der Waals surface area (Å²) in [6.45, 7) is 2.15. The SMILES string of the molecule is Cc1ccc(S(=O)(=O)N2C3=C(CCC3=O)OC[C@@H]2Cc2ccccc2)cc1. The van der Waals surface area contributed by atoms with Gasteiger partial charge in [0.1, 0.15) is 18.1 Å². The lowest BCUT2D eigenvalue weighted by Crippen LogP contribution is -2.47. The fraction of sp³-hybridized carbons (Fsp3) is 0.286. The highest BCUT2D eigenvalue weighted by Gasteiger charge is 2.44. The number of ketones is 1. The molecule has 27 heavy (non-hydrogen) atoms. The number of hydrogen-bond acceptors (Lipinski definition) is 4. The molecule has 0 unspecified atom stereocenters. The predicted octanol–water partition coefficient (Wildman–Crippen LogP) is 3.20. The topological polar surface area (TPSA) is 63.7 Å². The van der Waals surface area contributed by atoms with Crippen molar-refractivity contribution in [3.8, 4) is 0 Å². The van der Waals surface area contributed by atoms with Gasteiger partial charge in [0.15, 0.2) is 5.78 Å². The molecule has 0 aromatic heterocycles. The zero-order valence-electron chi connectivity index (χ0n) is 15.1. The summed E-state index contributed by atoms with van der Waals surface area (Å²) in [6.07, 6.45) is 1.24. The van der Waals surface area contributed by atoms with Crippen molar-refractivity contribution in [2.24, 2.45) is 0 Å². The van der Waals surface area contributed by atoms with E-state index in [4.69, 9.17) is 4.74 Å². The number of carbonyl (C=O) groups excluding carboxylic acids is 1. The molecule has 140 valence electrons. The number of sulfonamides is 1. The summed E-state index contributed by atoms with van der Waals surface area (Å²) in [5.74, 6) is 0.332. The van der Waals surface area contributed by atoms with Crippen LogP contribution >= 0.6 is 0 Å². The van der Waals surface area contributed by atoms with Crippen LogP contribution in [0.15, 0.2) is 70.9 Å². The minimum atomic E-state index is -3.86. The number of rotatable bonds is 4. The fourth-order valence-electron chi connectivity index (χ4n) is 3.62. The van der Waals surface area contributed by atoms with Gasteiger partial charge in [0, 0.05) is 12.8 Å². The van der Waals surface area contributed by atoms with Crippen molar-refractivity contribution in [1.29, 1.82) is 0 Å². The summed E-state index contributed by atoms with van der Waals surface area (Å²) in [5.41, 5.74) is 2.20. The van der Waals surface area contributed by atoms with Crippen LogP contribution in [0.25, 0.3) is 0 Å². The second-order valence-corrected chi connectivity index (χ2v) is 8.78. The van der Waals surface area contributed by atoms with E-state index in [-0.39, 0.29) is 23.0 Å². The second kappa shape index (κ2) is 6.85. The summed E-state index contributed by atoms with van der Waals surface area (Å²) in [7, 11) is -3.86. The molecule has 0 spiro atoms. The molecular weight excluding hydrogens is 362 g/mol. The predicted molar refractivity (Wildman–Crippen MR) is 101 cm³/mol. The number of allylic oxidation sites excluding steroid dienone is 2. The first-order valence-corrected chi connectivity index (χ1v) is 10.4. The van der Waals surface area contributed by atoms with E-state index in [0.717, 1.165) is 11.1 Å². The lowest BCUT2D eigenvalue weighted by Gasteiger charge is -2.37. The summed E-state index contributed by atoms with van der Waals surface area (Å²) in [5, 5.41) is 0. The van der Waals surface area contributed by atoms with Crippen LogP contribution in [-0.2, 0) is 26.0 Å². The maximum Gasteiger partial charge on any atom is 0.264 e. The minimum absolute atomic E-state index is 0.168. The highest BCUT2D eigenvalue weighted by molar-refractivity contribution is 7.89. The Balaban J connectivity index is 1.78. The summed E-state index contributed by atoms with van der Waals surface area (Å²) in [6, 6.07) is 15.9. The van der Waals surface area contributed by atoms with E-state index in [1.165, 1.54) is 4.31 Å². The minimum Gasteiger partial charge on any atom is -0.493 e. The molecular formula is C21H21NO4S. The molecule has 0 amide bonds. The first kappa shape index (κ1) is 17.8. The standard InChI is InChI=1S/C21H21NO4S/c1-15-7-9-18(10-8-15)27(24,25)22-17(13-16-5-3-2-4-6-16)14-26-20-12-11-19(23)21(20)22/h2-10,17H,11-14H2,1H3/t17-/m0/s1. The summed E-state index contributed by atoms with van der Waals surface area (Å²) < 4.78 is 34.1. The van der Waals surface area contributed by atoms with Gasteiger partial charge in [-0.2, -0.15) is 0 Å². The van der Waals surface area contributed by atoms with Crippen LogP contribution in [-0.4, -0.2) is 31.2 Å². The Bertz CT molecular complexity index is 994. The maximum absolute atomic E-state index is 13.5. The third-order valence-electron chi connectivity index (χ3n) is 5.00. The number of Topliss-reactive ketones (excluding diaryl/α,β-unsaturated/α-hetero) is 1. The molecule has 0 bridgehead atoms. The van der Waals surface area contributed by atoms with Gasteiger partial charge in [-0.05, 0) is 31.0 Å². The molecule has 0 saturated heterocycles. The molecule has 2 aliphatic rings. The molecule has 1 aliphatic carbocycles. The molecule has 0 N–H and O–H groups in total. The van der Waals surface area contributed by atoms with Gasteiger partial charge in [-0.3, -0.25) is 9.10 Å². The summed E-state index contributed by atoms with van der Waals surface area (Å²) in [4.78, 5) is 12.7. The van der Waals surface area contributed by atoms with Crippen LogP contribution in [0.3, 0.4) is 0 Å². The molecule has 0 fully saturated rings. The van der Waals surface area contributed by atoms with E-state index >= 15 is 0 Å². The van der Waals surface area contributed by atoms with Crippen LogP contribution in [0.1, 0.15) is 24.0 Å². The van der Waals surface area contributed by atoms with E-state index in [1.807, 2.05) is 37.3 Å². The number of benzene rings is 2.